The first-order valence-corrected chi connectivity index (χ1v) is 9.66. The first-order valence-electron chi connectivity index (χ1n) is 9.66. The van der Waals surface area contributed by atoms with Gasteiger partial charge in [0.1, 0.15) is 6.61 Å². The van der Waals surface area contributed by atoms with E-state index in [1.165, 1.54) is 17.0 Å². The molecule has 2 aromatic rings. The maximum absolute atomic E-state index is 12.9. The molecule has 3 rings (SSSR count). The van der Waals surface area contributed by atoms with Gasteiger partial charge in [0.2, 0.25) is 17.6 Å². The van der Waals surface area contributed by atoms with Crippen LogP contribution >= 0.6 is 0 Å². The lowest BCUT2D eigenvalue weighted by Crippen LogP contribution is -2.48. The molecule has 0 radical (unpaired) electrons. The van der Waals surface area contributed by atoms with Crippen molar-refractivity contribution in [3.05, 3.63) is 35.7 Å². The third kappa shape index (κ3) is 6.92. The van der Waals surface area contributed by atoms with Crippen molar-refractivity contribution in [3.63, 3.8) is 0 Å². The van der Waals surface area contributed by atoms with E-state index in [-0.39, 0.29) is 42.8 Å². The lowest BCUT2D eigenvalue weighted by Gasteiger charge is -2.34. The summed E-state index contributed by atoms with van der Waals surface area (Å²) in [6.45, 7) is 0.231. The number of piperazine rings is 1. The second-order valence-electron chi connectivity index (χ2n) is 7.16. The van der Waals surface area contributed by atoms with E-state index >= 15 is 0 Å². The van der Waals surface area contributed by atoms with E-state index in [1.807, 2.05) is 4.90 Å². The summed E-state index contributed by atoms with van der Waals surface area (Å²) < 4.78 is 84.3. The van der Waals surface area contributed by atoms with E-state index in [4.69, 9.17) is 4.52 Å². The standard InChI is InChI=1S/C19H20F6N4O3/c20-18(21,22)12-31-9-4-16(30)29-7-5-28(6-8-29)11-15-26-17(27-32-15)13-2-1-3-14(10-13)19(23,24)25/h1-3,10H,4-9,11-12H2. The summed E-state index contributed by atoms with van der Waals surface area (Å²) in [5.74, 6) is -0.0343. The second-order valence-corrected chi connectivity index (χ2v) is 7.16. The van der Waals surface area contributed by atoms with Crippen LogP contribution in [0.2, 0.25) is 0 Å². The molecule has 1 aromatic heterocycles. The Morgan fingerprint density at radius 3 is 2.47 bits per heavy atom. The number of aromatic nitrogens is 2. The Bertz CT molecular complexity index is 907. The fourth-order valence-electron chi connectivity index (χ4n) is 3.12. The predicted octanol–water partition coefficient (Wildman–Crippen LogP) is 3.37. The highest BCUT2D eigenvalue weighted by Crippen LogP contribution is 2.31. The molecule has 1 aliphatic rings. The summed E-state index contributed by atoms with van der Waals surface area (Å²) in [7, 11) is 0. The minimum atomic E-state index is -4.48. The molecule has 0 unspecified atom stereocenters. The molecule has 0 spiro atoms. The largest absolute Gasteiger partial charge is 0.416 e. The molecule has 0 N–H and O–H groups in total. The maximum Gasteiger partial charge on any atom is 0.416 e. The van der Waals surface area contributed by atoms with E-state index in [2.05, 4.69) is 14.9 Å². The first-order chi connectivity index (χ1) is 15.0. The number of alkyl halides is 6. The summed E-state index contributed by atoms with van der Waals surface area (Å²) in [6.07, 6.45) is -9.05. The quantitative estimate of drug-likeness (QED) is 0.461. The Morgan fingerprint density at radius 2 is 1.81 bits per heavy atom. The Morgan fingerprint density at radius 1 is 1.09 bits per heavy atom. The molecule has 32 heavy (non-hydrogen) atoms. The molecular weight excluding hydrogens is 446 g/mol. The minimum Gasteiger partial charge on any atom is -0.372 e. The second kappa shape index (κ2) is 9.86. The van der Waals surface area contributed by atoms with Crippen LogP contribution < -0.4 is 0 Å². The fraction of sp³-hybridized carbons (Fsp3) is 0.526. The van der Waals surface area contributed by atoms with Crippen LogP contribution in [0.3, 0.4) is 0 Å². The zero-order valence-electron chi connectivity index (χ0n) is 16.7. The molecule has 1 amide bonds. The zero-order valence-corrected chi connectivity index (χ0v) is 16.7. The van der Waals surface area contributed by atoms with E-state index < -0.39 is 24.5 Å². The molecule has 1 aromatic carbocycles. The summed E-state index contributed by atoms with van der Waals surface area (Å²) in [5, 5.41) is 3.74. The number of amides is 1. The first kappa shape index (κ1) is 24.0. The third-order valence-electron chi connectivity index (χ3n) is 4.73. The number of carbonyl (C=O) groups is 1. The molecule has 13 heteroatoms. The van der Waals surface area contributed by atoms with Gasteiger partial charge >= 0.3 is 12.4 Å². The monoisotopic (exact) mass is 466 g/mol. The van der Waals surface area contributed by atoms with Crippen LogP contribution in [0.1, 0.15) is 17.9 Å². The van der Waals surface area contributed by atoms with Gasteiger partial charge in [0.05, 0.1) is 25.1 Å². The summed E-state index contributed by atoms with van der Waals surface area (Å²) >= 11 is 0. The zero-order chi connectivity index (χ0) is 23.4. The molecule has 0 aliphatic carbocycles. The van der Waals surface area contributed by atoms with E-state index in [0.717, 1.165) is 12.1 Å². The average Bonchev–Trinajstić information content (AvgIpc) is 3.19. The number of hydrogen-bond donors (Lipinski definition) is 0. The molecule has 2 heterocycles. The summed E-state index contributed by atoms with van der Waals surface area (Å²) in [5.41, 5.74) is -0.635. The number of hydrogen-bond acceptors (Lipinski definition) is 6. The van der Waals surface area contributed by atoms with Gasteiger partial charge < -0.3 is 14.2 Å². The van der Waals surface area contributed by atoms with Gasteiger partial charge in [-0.15, -0.1) is 0 Å². The Balaban J connectivity index is 1.46. The van der Waals surface area contributed by atoms with Crippen molar-refractivity contribution in [2.75, 3.05) is 39.4 Å². The van der Waals surface area contributed by atoms with Crippen molar-refractivity contribution in [2.24, 2.45) is 0 Å². The van der Waals surface area contributed by atoms with E-state index in [0.29, 0.717) is 26.2 Å². The number of benzene rings is 1. The number of rotatable bonds is 7. The highest BCUT2D eigenvalue weighted by Gasteiger charge is 2.31. The van der Waals surface area contributed by atoms with Crippen LogP contribution in [0.5, 0.6) is 0 Å². The third-order valence-corrected chi connectivity index (χ3v) is 4.73. The van der Waals surface area contributed by atoms with Crippen LogP contribution in [0.4, 0.5) is 26.3 Å². The smallest absolute Gasteiger partial charge is 0.372 e. The SMILES string of the molecule is O=C(CCOCC(F)(F)F)N1CCN(Cc2nc(-c3cccc(C(F)(F)F)c3)no2)CC1. The van der Waals surface area contributed by atoms with Gasteiger partial charge in [-0.25, -0.2) is 0 Å². The lowest BCUT2D eigenvalue weighted by atomic mass is 10.1. The van der Waals surface area contributed by atoms with Gasteiger partial charge in [-0.3, -0.25) is 9.69 Å². The van der Waals surface area contributed by atoms with Gasteiger partial charge in [0, 0.05) is 31.7 Å². The van der Waals surface area contributed by atoms with Gasteiger partial charge in [-0.1, -0.05) is 17.3 Å². The summed E-state index contributed by atoms with van der Waals surface area (Å²) in [4.78, 5) is 19.7. The van der Waals surface area contributed by atoms with Crippen LogP contribution in [0.25, 0.3) is 11.4 Å². The van der Waals surface area contributed by atoms with Crippen molar-refractivity contribution in [1.82, 2.24) is 19.9 Å². The molecule has 0 bridgehead atoms. The van der Waals surface area contributed by atoms with Crippen LogP contribution in [0.15, 0.2) is 28.8 Å². The van der Waals surface area contributed by atoms with Gasteiger partial charge in [0.15, 0.2) is 0 Å². The Labute approximate surface area is 178 Å². The van der Waals surface area contributed by atoms with E-state index in [1.54, 1.807) is 0 Å². The number of halogens is 6. The van der Waals surface area contributed by atoms with Crippen molar-refractivity contribution in [3.8, 4) is 11.4 Å². The maximum atomic E-state index is 12.9. The normalized spacial score (nSPS) is 15.9. The summed E-state index contributed by atoms with van der Waals surface area (Å²) in [6, 6.07) is 4.61. The van der Waals surface area contributed by atoms with Gasteiger partial charge in [-0.05, 0) is 12.1 Å². The van der Waals surface area contributed by atoms with Gasteiger partial charge in [-0.2, -0.15) is 31.3 Å². The molecule has 1 aliphatic heterocycles. The predicted molar refractivity (Wildman–Crippen MR) is 98.1 cm³/mol. The van der Waals surface area contributed by atoms with Crippen LogP contribution in [-0.2, 0) is 22.3 Å². The molecule has 1 fully saturated rings. The topological polar surface area (TPSA) is 71.7 Å². The lowest BCUT2D eigenvalue weighted by molar-refractivity contribution is -0.175. The molecule has 176 valence electrons. The van der Waals surface area contributed by atoms with Crippen molar-refractivity contribution < 1.29 is 40.4 Å². The molecular formula is C19H20F6N4O3. The average molecular weight is 466 g/mol. The Hall–Kier alpha value is -2.67. The highest BCUT2D eigenvalue weighted by atomic mass is 19.4. The van der Waals surface area contributed by atoms with Crippen molar-refractivity contribution in [1.29, 1.82) is 0 Å². The molecule has 0 atom stereocenters. The molecule has 1 saturated heterocycles. The molecule has 7 nitrogen and oxygen atoms in total. The number of ether oxygens (including phenoxy) is 1. The van der Waals surface area contributed by atoms with Crippen LogP contribution in [0, 0.1) is 0 Å². The minimum absolute atomic E-state index is 0.0405. The highest BCUT2D eigenvalue weighted by molar-refractivity contribution is 5.76. The Kier molecular flexibility index (Phi) is 7.39. The fourth-order valence-corrected chi connectivity index (χ4v) is 3.12. The van der Waals surface area contributed by atoms with Gasteiger partial charge in [0.25, 0.3) is 0 Å². The van der Waals surface area contributed by atoms with Crippen LogP contribution in [-0.4, -0.2) is 71.4 Å². The number of carbonyl (C=O) groups excluding carboxylic acids is 1. The molecule has 0 saturated carbocycles. The van der Waals surface area contributed by atoms with Crippen molar-refractivity contribution >= 4 is 5.91 Å². The van der Waals surface area contributed by atoms with Crippen molar-refractivity contribution in [2.45, 2.75) is 25.3 Å². The number of nitrogens with zero attached hydrogens (tertiary/aromatic N) is 4. The van der Waals surface area contributed by atoms with E-state index in [9.17, 15) is 31.1 Å².